The molecule has 0 aliphatic heterocycles. The fraction of sp³-hybridized carbons (Fsp3) is 0.278. The van der Waals surface area contributed by atoms with Gasteiger partial charge in [0.2, 0.25) is 0 Å². The highest BCUT2D eigenvalue weighted by Gasteiger charge is 2.17. The normalized spacial score (nSPS) is 11.4. The number of carbonyl (C=O) groups excluding carboxylic acids is 1. The zero-order valence-electron chi connectivity index (χ0n) is 14.0. The summed E-state index contributed by atoms with van der Waals surface area (Å²) in [5, 5.41) is 11.6. The molecule has 2 amide bonds. The van der Waals surface area contributed by atoms with Crippen LogP contribution in [0, 0.1) is 0 Å². The Morgan fingerprint density at radius 2 is 1.92 bits per heavy atom. The van der Waals surface area contributed by atoms with Gasteiger partial charge in [0.25, 0.3) is 0 Å². The van der Waals surface area contributed by atoms with Crippen LogP contribution in [0.3, 0.4) is 0 Å². The summed E-state index contributed by atoms with van der Waals surface area (Å²) in [5.41, 5.74) is 1.79. The van der Waals surface area contributed by atoms with Gasteiger partial charge in [0, 0.05) is 25.4 Å². The molecule has 0 bridgehead atoms. The molecule has 0 saturated heterocycles. The van der Waals surface area contributed by atoms with Crippen LogP contribution in [0.2, 0.25) is 0 Å². The van der Waals surface area contributed by atoms with Gasteiger partial charge in [0.1, 0.15) is 6.61 Å². The second-order valence-electron chi connectivity index (χ2n) is 5.47. The number of alkyl carbamates (subject to hydrolysis) is 1. The monoisotopic (exact) mass is 343 g/mol. The van der Waals surface area contributed by atoms with E-state index in [-0.39, 0.29) is 19.2 Å². The first kappa shape index (κ1) is 18.3. The molecule has 1 aromatic heterocycles. The minimum Gasteiger partial charge on any atom is -0.465 e. The van der Waals surface area contributed by atoms with E-state index in [0.717, 1.165) is 16.2 Å². The standard InChI is InChI=1S/C18H21N3O4/c1-21(18(23)24)11-12-25-17(22)20-16(14-7-3-2-4-8-14)13-15-9-5-6-10-19-15/h2-10,16H,11-13H2,1H3,(H,20,22)(H,23,24). The van der Waals surface area contributed by atoms with Gasteiger partial charge in [-0.2, -0.15) is 0 Å². The van der Waals surface area contributed by atoms with Gasteiger partial charge in [0.05, 0.1) is 12.6 Å². The Bertz CT molecular complexity index is 679. The summed E-state index contributed by atoms with van der Waals surface area (Å²) in [4.78, 5) is 28.1. The van der Waals surface area contributed by atoms with Gasteiger partial charge in [0.15, 0.2) is 0 Å². The Kier molecular flexibility index (Phi) is 6.76. The summed E-state index contributed by atoms with van der Waals surface area (Å²) in [6.07, 6.45) is 0.566. The van der Waals surface area contributed by atoms with Crippen molar-refractivity contribution in [2.75, 3.05) is 20.2 Å². The van der Waals surface area contributed by atoms with Crippen molar-refractivity contribution in [2.24, 2.45) is 0 Å². The van der Waals surface area contributed by atoms with Crippen molar-refractivity contribution in [1.29, 1.82) is 0 Å². The molecule has 1 heterocycles. The Labute approximate surface area is 146 Å². The number of nitrogens with zero attached hydrogens (tertiary/aromatic N) is 2. The number of carboxylic acid groups (broad SMARTS) is 1. The van der Waals surface area contributed by atoms with E-state index in [2.05, 4.69) is 10.3 Å². The van der Waals surface area contributed by atoms with Crippen LogP contribution in [-0.2, 0) is 11.2 Å². The van der Waals surface area contributed by atoms with E-state index in [1.165, 1.54) is 7.05 Å². The molecule has 2 rings (SSSR count). The summed E-state index contributed by atoms with van der Waals surface area (Å²) in [7, 11) is 1.41. The summed E-state index contributed by atoms with van der Waals surface area (Å²) >= 11 is 0. The maximum Gasteiger partial charge on any atom is 0.407 e. The van der Waals surface area contributed by atoms with E-state index in [4.69, 9.17) is 9.84 Å². The molecule has 7 heteroatoms. The molecule has 25 heavy (non-hydrogen) atoms. The number of pyridine rings is 1. The van der Waals surface area contributed by atoms with Crippen molar-refractivity contribution < 1.29 is 19.4 Å². The van der Waals surface area contributed by atoms with Crippen molar-refractivity contribution in [1.82, 2.24) is 15.2 Å². The van der Waals surface area contributed by atoms with Crippen molar-refractivity contribution >= 4 is 12.2 Å². The SMILES string of the molecule is CN(CCOC(=O)NC(Cc1ccccn1)c1ccccc1)C(=O)O. The zero-order valence-corrected chi connectivity index (χ0v) is 14.0. The molecular formula is C18H21N3O4. The van der Waals surface area contributed by atoms with Crippen molar-refractivity contribution in [3.63, 3.8) is 0 Å². The van der Waals surface area contributed by atoms with Crippen LogP contribution in [0.15, 0.2) is 54.7 Å². The van der Waals surface area contributed by atoms with Crippen LogP contribution in [0.4, 0.5) is 9.59 Å². The van der Waals surface area contributed by atoms with E-state index in [1.807, 2.05) is 48.5 Å². The van der Waals surface area contributed by atoms with Crippen molar-refractivity contribution in [3.05, 3.63) is 66.0 Å². The molecule has 0 saturated carbocycles. The molecule has 2 aromatic rings. The first-order chi connectivity index (χ1) is 12.1. The Morgan fingerprint density at radius 3 is 2.56 bits per heavy atom. The molecule has 132 valence electrons. The predicted octanol–water partition coefficient (Wildman–Crippen LogP) is 2.70. The minimum atomic E-state index is -1.07. The maximum atomic E-state index is 12.0. The quantitative estimate of drug-likeness (QED) is 0.806. The maximum absolute atomic E-state index is 12.0. The Balaban J connectivity index is 1.96. The van der Waals surface area contributed by atoms with E-state index >= 15 is 0 Å². The van der Waals surface area contributed by atoms with Crippen LogP contribution in [0.25, 0.3) is 0 Å². The number of benzene rings is 1. The second-order valence-corrected chi connectivity index (χ2v) is 5.47. The lowest BCUT2D eigenvalue weighted by molar-refractivity contribution is 0.118. The molecule has 1 atom stereocenters. The predicted molar refractivity (Wildman–Crippen MR) is 92.3 cm³/mol. The largest absolute Gasteiger partial charge is 0.465 e. The minimum absolute atomic E-state index is 0.0142. The fourth-order valence-corrected chi connectivity index (χ4v) is 2.22. The number of ether oxygens (including phenoxy) is 1. The van der Waals surface area contributed by atoms with Gasteiger partial charge in [-0.05, 0) is 17.7 Å². The summed E-state index contributed by atoms with van der Waals surface area (Å²) in [6, 6.07) is 14.9. The molecule has 1 aromatic carbocycles. The molecule has 7 nitrogen and oxygen atoms in total. The number of aromatic nitrogens is 1. The molecule has 0 aliphatic carbocycles. The molecule has 0 radical (unpaired) electrons. The van der Waals surface area contributed by atoms with Crippen LogP contribution >= 0.6 is 0 Å². The smallest absolute Gasteiger partial charge is 0.407 e. The number of amides is 2. The van der Waals surface area contributed by atoms with Gasteiger partial charge in [-0.3, -0.25) is 4.98 Å². The number of hydrogen-bond acceptors (Lipinski definition) is 4. The highest BCUT2D eigenvalue weighted by molar-refractivity contribution is 5.68. The van der Waals surface area contributed by atoms with Crippen LogP contribution in [-0.4, -0.2) is 47.4 Å². The van der Waals surface area contributed by atoms with Gasteiger partial charge >= 0.3 is 12.2 Å². The number of hydrogen-bond donors (Lipinski definition) is 2. The number of likely N-dealkylation sites (N-methyl/N-ethyl adjacent to an activating group) is 1. The molecular weight excluding hydrogens is 322 g/mol. The fourth-order valence-electron chi connectivity index (χ4n) is 2.22. The number of rotatable bonds is 7. The van der Waals surface area contributed by atoms with Crippen LogP contribution in [0.5, 0.6) is 0 Å². The first-order valence-corrected chi connectivity index (χ1v) is 7.88. The topological polar surface area (TPSA) is 91.8 Å². The highest BCUT2D eigenvalue weighted by atomic mass is 16.5. The van der Waals surface area contributed by atoms with Crippen molar-refractivity contribution in [2.45, 2.75) is 12.5 Å². The van der Waals surface area contributed by atoms with Gasteiger partial charge in [-0.25, -0.2) is 9.59 Å². The van der Waals surface area contributed by atoms with Crippen LogP contribution in [0.1, 0.15) is 17.3 Å². The molecule has 0 fully saturated rings. The lowest BCUT2D eigenvalue weighted by Gasteiger charge is -2.19. The second kappa shape index (κ2) is 9.27. The van der Waals surface area contributed by atoms with Crippen LogP contribution < -0.4 is 5.32 Å². The number of nitrogens with one attached hydrogen (secondary N) is 1. The van der Waals surface area contributed by atoms with Crippen molar-refractivity contribution in [3.8, 4) is 0 Å². The van der Waals surface area contributed by atoms with Gasteiger partial charge in [-0.15, -0.1) is 0 Å². The van der Waals surface area contributed by atoms with E-state index in [0.29, 0.717) is 6.42 Å². The average molecular weight is 343 g/mol. The highest BCUT2D eigenvalue weighted by Crippen LogP contribution is 2.17. The first-order valence-electron chi connectivity index (χ1n) is 7.88. The third-order valence-corrected chi connectivity index (χ3v) is 3.62. The summed E-state index contributed by atoms with van der Waals surface area (Å²) in [5.74, 6) is 0. The van der Waals surface area contributed by atoms with Gasteiger partial charge < -0.3 is 20.1 Å². The van der Waals surface area contributed by atoms with Gasteiger partial charge in [-0.1, -0.05) is 36.4 Å². The van der Waals surface area contributed by atoms with E-state index in [9.17, 15) is 9.59 Å². The molecule has 0 spiro atoms. The molecule has 2 N–H and O–H groups in total. The molecule has 1 unspecified atom stereocenters. The molecule has 0 aliphatic rings. The number of carbonyl (C=O) groups is 2. The Hall–Kier alpha value is -3.09. The average Bonchev–Trinajstić information content (AvgIpc) is 2.62. The zero-order chi connectivity index (χ0) is 18.1. The lowest BCUT2D eigenvalue weighted by Crippen LogP contribution is -2.34. The third-order valence-electron chi connectivity index (χ3n) is 3.62. The van der Waals surface area contributed by atoms with E-state index in [1.54, 1.807) is 6.20 Å². The Morgan fingerprint density at radius 1 is 1.20 bits per heavy atom. The van der Waals surface area contributed by atoms with E-state index < -0.39 is 12.2 Å². The third kappa shape index (κ3) is 6.14. The summed E-state index contributed by atoms with van der Waals surface area (Å²) < 4.78 is 5.08. The summed E-state index contributed by atoms with van der Waals surface area (Å²) in [6.45, 7) is 0.0960. The lowest BCUT2D eigenvalue weighted by atomic mass is 10.0.